The second kappa shape index (κ2) is 5.18. The molecule has 5 rings (SSSR count). The monoisotopic (exact) mass is 346 g/mol. The Morgan fingerprint density at radius 3 is 2.50 bits per heavy atom. The van der Waals surface area contributed by atoms with E-state index in [4.69, 9.17) is 5.10 Å². The number of carbonyl (C=O) groups is 1. The number of fused-ring (bicyclic) bond motifs is 1. The molecule has 0 saturated heterocycles. The lowest BCUT2D eigenvalue weighted by atomic mass is 9.58. The van der Waals surface area contributed by atoms with Crippen LogP contribution in [-0.4, -0.2) is 16.0 Å². The molecule has 1 fully saturated rings. The smallest absolute Gasteiger partial charge is 0.160 e. The number of ketones is 1. The molecule has 26 heavy (non-hydrogen) atoms. The minimum atomic E-state index is -0.386. The Bertz CT molecular complexity index is 930. The maximum atomic E-state index is 13.4. The molecule has 3 aliphatic carbocycles. The summed E-state index contributed by atoms with van der Waals surface area (Å²) in [7, 11) is 0. The van der Waals surface area contributed by atoms with Gasteiger partial charge in [-0.05, 0) is 37.2 Å². The van der Waals surface area contributed by atoms with Crippen molar-refractivity contribution >= 4 is 5.78 Å². The van der Waals surface area contributed by atoms with Crippen molar-refractivity contribution in [3.8, 4) is 0 Å². The summed E-state index contributed by atoms with van der Waals surface area (Å²) < 4.78 is 0. The van der Waals surface area contributed by atoms with Crippen LogP contribution < -0.4 is 0 Å². The van der Waals surface area contributed by atoms with Crippen molar-refractivity contribution in [3.63, 3.8) is 0 Å². The first kappa shape index (κ1) is 16.0. The summed E-state index contributed by atoms with van der Waals surface area (Å²) in [4.78, 5) is 13.4. The predicted octanol–water partition coefficient (Wildman–Crippen LogP) is 4.83. The molecule has 0 amide bonds. The fourth-order valence-electron chi connectivity index (χ4n) is 5.36. The van der Waals surface area contributed by atoms with Gasteiger partial charge in [-0.25, -0.2) is 0 Å². The van der Waals surface area contributed by atoms with Crippen LogP contribution in [0.15, 0.2) is 41.5 Å². The van der Waals surface area contributed by atoms with Crippen LogP contribution in [-0.2, 0) is 16.6 Å². The van der Waals surface area contributed by atoms with Crippen LogP contribution in [0.5, 0.6) is 0 Å². The molecule has 3 aliphatic rings. The number of Topliss-reactive ketones (excluding diaryl/α,β-unsaturated/α-hetero) is 1. The Labute approximate surface area is 154 Å². The molecule has 1 heterocycles. The van der Waals surface area contributed by atoms with Crippen molar-refractivity contribution in [1.29, 1.82) is 0 Å². The van der Waals surface area contributed by atoms with Gasteiger partial charge in [-0.15, -0.1) is 0 Å². The average Bonchev–Trinajstić information content (AvgIpc) is 3.34. The molecular weight excluding hydrogens is 320 g/mol. The van der Waals surface area contributed by atoms with E-state index < -0.39 is 0 Å². The first-order chi connectivity index (χ1) is 12.4. The maximum Gasteiger partial charge on any atom is 0.160 e. The number of benzene rings is 1. The molecule has 2 aromatic rings. The molecule has 1 aromatic heterocycles. The van der Waals surface area contributed by atoms with E-state index >= 15 is 0 Å². The number of H-pyrrole nitrogens is 1. The maximum absolute atomic E-state index is 13.4. The number of nitrogens with zero attached hydrogens (tertiary/aromatic N) is 1. The highest BCUT2D eigenvalue weighted by atomic mass is 16.1. The highest BCUT2D eigenvalue weighted by molar-refractivity contribution is 6.01. The zero-order valence-electron chi connectivity index (χ0n) is 15.9. The standard InChI is InChI=1S/C23H26N2O/c1-22(2)12-15-11-17-20(21(25-24-17)14-9-10-14)23(3,19(15)18(26)13-22)16-7-5-4-6-8-16/h4-8,14H,9-13H2,1-3H3,(H,24,25)/t23-/m0/s1. The topological polar surface area (TPSA) is 45.8 Å². The van der Waals surface area contributed by atoms with Gasteiger partial charge in [0.25, 0.3) is 0 Å². The summed E-state index contributed by atoms with van der Waals surface area (Å²) in [6.07, 6.45) is 4.92. The van der Waals surface area contributed by atoms with E-state index in [1.54, 1.807) is 0 Å². The Morgan fingerprint density at radius 2 is 1.81 bits per heavy atom. The van der Waals surface area contributed by atoms with Crippen molar-refractivity contribution in [1.82, 2.24) is 10.2 Å². The lowest BCUT2D eigenvalue weighted by Crippen LogP contribution is -2.41. The number of allylic oxidation sites excluding steroid dienone is 2. The van der Waals surface area contributed by atoms with E-state index in [9.17, 15) is 4.79 Å². The van der Waals surface area contributed by atoms with Gasteiger partial charge in [0.2, 0.25) is 0 Å². The van der Waals surface area contributed by atoms with E-state index in [2.05, 4.69) is 56.2 Å². The molecule has 0 aliphatic heterocycles. The van der Waals surface area contributed by atoms with Crippen molar-refractivity contribution in [2.45, 2.75) is 64.2 Å². The van der Waals surface area contributed by atoms with Crippen molar-refractivity contribution in [2.75, 3.05) is 0 Å². The number of hydrogen-bond acceptors (Lipinski definition) is 2. The SMILES string of the molecule is CC1(C)CC(=O)C2=C(Cc3[nH]nc(C4CC4)c3[C@@]2(C)c2ccccc2)C1. The summed E-state index contributed by atoms with van der Waals surface area (Å²) in [5, 5.41) is 8.09. The Hall–Kier alpha value is -2.16. The first-order valence-electron chi connectivity index (χ1n) is 9.79. The normalized spacial score (nSPS) is 27.3. The van der Waals surface area contributed by atoms with Gasteiger partial charge in [0, 0.05) is 41.0 Å². The molecular formula is C23H26N2O. The van der Waals surface area contributed by atoms with Crippen LogP contribution in [0.3, 0.4) is 0 Å². The van der Waals surface area contributed by atoms with Crippen LogP contribution in [0, 0.1) is 5.41 Å². The zero-order chi connectivity index (χ0) is 18.1. The molecule has 1 atom stereocenters. The number of aromatic nitrogens is 2. The Balaban J connectivity index is 1.79. The lowest BCUT2D eigenvalue weighted by Gasteiger charge is -2.44. The van der Waals surface area contributed by atoms with Crippen LogP contribution in [0.2, 0.25) is 0 Å². The second-order valence-corrected chi connectivity index (χ2v) is 9.32. The van der Waals surface area contributed by atoms with Gasteiger partial charge in [0.15, 0.2) is 5.78 Å². The molecule has 0 spiro atoms. The van der Waals surface area contributed by atoms with E-state index in [-0.39, 0.29) is 10.8 Å². The highest BCUT2D eigenvalue weighted by Gasteiger charge is 2.50. The van der Waals surface area contributed by atoms with Crippen molar-refractivity contribution < 1.29 is 4.79 Å². The number of aromatic amines is 1. The van der Waals surface area contributed by atoms with Crippen LogP contribution in [0.4, 0.5) is 0 Å². The van der Waals surface area contributed by atoms with Gasteiger partial charge in [-0.3, -0.25) is 9.89 Å². The van der Waals surface area contributed by atoms with Gasteiger partial charge in [0.05, 0.1) is 5.69 Å². The van der Waals surface area contributed by atoms with E-state index in [0.29, 0.717) is 18.1 Å². The number of hydrogen-bond donors (Lipinski definition) is 1. The third-order valence-electron chi connectivity index (χ3n) is 6.54. The van der Waals surface area contributed by atoms with Crippen LogP contribution in [0.25, 0.3) is 0 Å². The molecule has 0 bridgehead atoms. The quantitative estimate of drug-likeness (QED) is 0.846. The van der Waals surface area contributed by atoms with Gasteiger partial charge < -0.3 is 0 Å². The van der Waals surface area contributed by atoms with Crippen LogP contribution >= 0.6 is 0 Å². The number of nitrogens with one attached hydrogen (secondary N) is 1. The highest BCUT2D eigenvalue weighted by Crippen LogP contribution is 2.55. The molecule has 1 aromatic carbocycles. The van der Waals surface area contributed by atoms with E-state index in [1.807, 2.05) is 0 Å². The zero-order valence-corrected chi connectivity index (χ0v) is 15.9. The molecule has 1 N–H and O–H groups in total. The second-order valence-electron chi connectivity index (χ2n) is 9.32. The molecule has 3 nitrogen and oxygen atoms in total. The molecule has 1 saturated carbocycles. The average molecular weight is 346 g/mol. The van der Waals surface area contributed by atoms with Crippen LogP contribution in [0.1, 0.15) is 74.9 Å². The molecule has 134 valence electrons. The largest absolute Gasteiger partial charge is 0.294 e. The Morgan fingerprint density at radius 1 is 1.08 bits per heavy atom. The Kier molecular flexibility index (Phi) is 3.20. The fraction of sp³-hybridized carbons (Fsp3) is 0.478. The summed E-state index contributed by atoms with van der Waals surface area (Å²) in [5.74, 6) is 0.895. The number of rotatable bonds is 2. The molecule has 3 heteroatoms. The lowest BCUT2D eigenvalue weighted by molar-refractivity contribution is -0.118. The third-order valence-corrected chi connectivity index (χ3v) is 6.54. The summed E-state index contributed by atoms with van der Waals surface area (Å²) >= 11 is 0. The van der Waals surface area contributed by atoms with Crippen molar-refractivity contribution in [3.05, 3.63) is 64.0 Å². The minimum absolute atomic E-state index is 0.0460. The van der Waals surface area contributed by atoms with Gasteiger partial charge in [-0.2, -0.15) is 5.10 Å². The number of carbonyl (C=O) groups excluding carboxylic acids is 1. The predicted molar refractivity (Wildman–Crippen MR) is 102 cm³/mol. The van der Waals surface area contributed by atoms with E-state index in [1.165, 1.54) is 40.9 Å². The van der Waals surface area contributed by atoms with Gasteiger partial charge in [-0.1, -0.05) is 49.8 Å². The molecule has 0 radical (unpaired) electrons. The fourth-order valence-corrected chi connectivity index (χ4v) is 5.36. The van der Waals surface area contributed by atoms with Crippen molar-refractivity contribution in [2.24, 2.45) is 5.41 Å². The summed E-state index contributed by atoms with van der Waals surface area (Å²) in [6, 6.07) is 10.6. The van der Waals surface area contributed by atoms with Gasteiger partial charge >= 0.3 is 0 Å². The minimum Gasteiger partial charge on any atom is -0.294 e. The van der Waals surface area contributed by atoms with Gasteiger partial charge in [0.1, 0.15) is 0 Å². The summed E-state index contributed by atoms with van der Waals surface area (Å²) in [6.45, 7) is 6.69. The van der Waals surface area contributed by atoms with E-state index in [0.717, 1.165) is 18.4 Å². The summed E-state index contributed by atoms with van der Waals surface area (Å²) in [5.41, 5.74) is 6.96. The molecule has 0 unspecified atom stereocenters. The third kappa shape index (κ3) is 2.19. The first-order valence-corrected chi connectivity index (χ1v) is 9.79.